The van der Waals surface area contributed by atoms with Crippen LogP contribution in [0.1, 0.15) is 47.2 Å². The molecular formula is C34H34F7N5O5. The number of pyridine rings is 1. The Hall–Kier alpha value is -4.25. The molecule has 51 heavy (non-hydrogen) atoms. The van der Waals surface area contributed by atoms with Gasteiger partial charge in [0.2, 0.25) is 11.8 Å². The molecule has 3 aliphatic carbocycles. The van der Waals surface area contributed by atoms with Gasteiger partial charge in [0, 0.05) is 49.0 Å². The molecule has 4 fully saturated rings. The topological polar surface area (TPSA) is 125 Å². The molecular weight excluding hydrogens is 691 g/mol. The molecule has 0 radical (unpaired) electrons. The monoisotopic (exact) mass is 725 g/mol. The number of allylic oxidation sites excluding steroid dienone is 1. The van der Waals surface area contributed by atoms with Gasteiger partial charge in [0.05, 0.1) is 30.2 Å². The predicted octanol–water partition coefficient (Wildman–Crippen LogP) is 4.94. The highest BCUT2D eigenvalue weighted by atomic mass is 19.4. The van der Waals surface area contributed by atoms with Crippen molar-refractivity contribution in [3.05, 3.63) is 64.6 Å². The number of ether oxygens (including phenoxy) is 1. The Morgan fingerprint density at radius 2 is 1.82 bits per heavy atom. The van der Waals surface area contributed by atoms with E-state index in [1.54, 1.807) is 0 Å². The number of halogens is 7. The van der Waals surface area contributed by atoms with E-state index in [4.69, 9.17) is 9.57 Å². The Labute approximate surface area is 287 Å². The number of methoxy groups -OCH3 is 1. The van der Waals surface area contributed by atoms with Gasteiger partial charge in [-0.1, -0.05) is 16.8 Å². The maximum Gasteiger partial charge on any atom is 0.419 e. The van der Waals surface area contributed by atoms with Crippen molar-refractivity contribution in [2.75, 3.05) is 32.1 Å². The molecule has 3 heterocycles. The first kappa shape index (κ1) is 35.2. The molecule has 2 aromatic rings. The number of anilines is 1. The lowest BCUT2D eigenvalue weighted by Gasteiger charge is -2.30. The maximum atomic E-state index is 14.0. The van der Waals surface area contributed by atoms with Crippen LogP contribution in [0.25, 0.3) is 0 Å². The van der Waals surface area contributed by atoms with Gasteiger partial charge in [0.25, 0.3) is 5.91 Å². The zero-order valence-corrected chi connectivity index (χ0v) is 27.1. The van der Waals surface area contributed by atoms with E-state index >= 15 is 0 Å². The van der Waals surface area contributed by atoms with Crippen molar-refractivity contribution in [3.63, 3.8) is 0 Å². The van der Waals surface area contributed by atoms with Gasteiger partial charge in [-0.3, -0.25) is 14.5 Å². The Kier molecular flexibility index (Phi) is 9.01. The van der Waals surface area contributed by atoms with Crippen LogP contribution in [-0.2, 0) is 15.8 Å². The number of carbonyl (C=O) groups excluding carboxylic acids is 2. The van der Waals surface area contributed by atoms with Gasteiger partial charge >= 0.3 is 12.4 Å². The van der Waals surface area contributed by atoms with Crippen molar-refractivity contribution < 1.29 is 55.0 Å². The second-order valence-corrected chi connectivity index (χ2v) is 13.8. The number of amides is 2. The lowest BCUT2D eigenvalue weighted by Crippen LogP contribution is -2.48. The summed E-state index contributed by atoms with van der Waals surface area (Å²) in [5.74, 6) is -4.19. The fourth-order valence-corrected chi connectivity index (χ4v) is 7.93. The summed E-state index contributed by atoms with van der Waals surface area (Å²) in [6, 6.07) is 2.96. The molecule has 3 N–H and O–H groups in total. The number of hydrogen-bond acceptors (Lipinski definition) is 8. The number of oxime groups is 1. The molecule has 10 nitrogen and oxygen atoms in total. The molecule has 274 valence electrons. The molecule has 1 saturated heterocycles. The highest BCUT2D eigenvalue weighted by Crippen LogP contribution is 2.54. The molecule has 2 bridgehead atoms. The molecule has 0 spiro atoms. The number of aliphatic hydroxyl groups excluding tert-OH is 1. The van der Waals surface area contributed by atoms with Crippen LogP contribution >= 0.6 is 0 Å². The van der Waals surface area contributed by atoms with Gasteiger partial charge in [0.1, 0.15) is 17.5 Å². The molecule has 7 atom stereocenters. The van der Waals surface area contributed by atoms with E-state index in [-0.39, 0.29) is 42.1 Å². The van der Waals surface area contributed by atoms with Gasteiger partial charge in [-0.2, -0.15) is 26.3 Å². The van der Waals surface area contributed by atoms with Crippen LogP contribution in [0.4, 0.5) is 36.4 Å². The number of nitrogens with one attached hydrogen (secondary N) is 2. The Balaban J connectivity index is 1.12. The normalized spacial score (nSPS) is 28.7. The van der Waals surface area contributed by atoms with Crippen molar-refractivity contribution in [2.45, 2.75) is 56.3 Å². The first-order valence-electron chi connectivity index (χ1n) is 16.6. The van der Waals surface area contributed by atoms with Gasteiger partial charge in [-0.25, -0.2) is 9.37 Å². The number of likely N-dealkylation sites (tertiary alicyclic amines) is 1. The third kappa shape index (κ3) is 6.89. The molecule has 2 aliphatic heterocycles. The quantitative estimate of drug-likeness (QED) is 0.247. The molecule has 17 heteroatoms. The summed E-state index contributed by atoms with van der Waals surface area (Å²) in [6.07, 6.45) is -5.99. The Bertz CT molecular complexity index is 1780. The van der Waals surface area contributed by atoms with Crippen molar-refractivity contribution in [1.29, 1.82) is 0 Å². The molecule has 3 unspecified atom stereocenters. The van der Waals surface area contributed by atoms with Gasteiger partial charge in [0.15, 0.2) is 6.10 Å². The summed E-state index contributed by atoms with van der Waals surface area (Å²) in [6.45, 7) is -0.426. The predicted molar refractivity (Wildman–Crippen MR) is 166 cm³/mol. The van der Waals surface area contributed by atoms with Crippen LogP contribution in [0, 0.1) is 35.4 Å². The highest BCUT2D eigenvalue weighted by Gasteiger charge is 2.55. The third-order valence-corrected chi connectivity index (χ3v) is 10.5. The SMILES string of the molecule is COc1ncc(C2=NOC3CN(CC(O)C(F)(F)F)CC23)cc1C(=O)N[C@H]1[C@@H](C(=O)Nc2ccc(F)c(C(F)(F)F)c2)[C@H]2CC[C@@H]1/C2=C\C1CC1. The number of nitrogens with zero attached hydrogens (tertiary/aromatic N) is 3. The van der Waals surface area contributed by atoms with E-state index in [1.165, 1.54) is 24.3 Å². The van der Waals surface area contributed by atoms with E-state index in [0.29, 0.717) is 42.2 Å². The average molecular weight is 726 g/mol. The van der Waals surface area contributed by atoms with Crippen molar-refractivity contribution in [2.24, 2.45) is 34.7 Å². The molecule has 5 aliphatic rings. The zero-order valence-electron chi connectivity index (χ0n) is 27.1. The lowest BCUT2D eigenvalue weighted by molar-refractivity contribution is -0.207. The van der Waals surface area contributed by atoms with Gasteiger partial charge in [-0.15, -0.1) is 0 Å². The number of aromatic nitrogens is 1. The van der Waals surface area contributed by atoms with Gasteiger partial charge < -0.3 is 25.3 Å². The minimum atomic E-state index is -4.97. The number of alkyl halides is 6. The minimum absolute atomic E-state index is 0.00787. The van der Waals surface area contributed by atoms with E-state index in [0.717, 1.165) is 24.5 Å². The number of fused-ring (bicyclic) bond motifs is 3. The van der Waals surface area contributed by atoms with Crippen LogP contribution in [0.2, 0.25) is 0 Å². The van der Waals surface area contributed by atoms with Crippen LogP contribution in [0.15, 0.2) is 47.3 Å². The van der Waals surface area contributed by atoms with Crippen molar-refractivity contribution in [1.82, 2.24) is 15.2 Å². The van der Waals surface area contributed by atoms with Gasteiger partial charge in [-0.05, 0) is 61.8 Å². The minimum Gasteiger partial charge on any atom is -0.480 e. The summed E-state index contributed by atoms with van der Waals surface area (Å²) in [5, 5.41) is 19.2. The smallest absolute Gasteiger partial charge is 0.419 e. The standard InChI is InChI=1S/C34H34F7N5O5/c1-50-32-21(9-16(11-42-32)28-22-12-46(13-25(22)51-45-28)14-26(47)34(39,40)41)30(48)44-29-19-6-5-18(20(19)8-15-2-3-15)27(29)31(49)43-17-4-7-24(35)23(10-17)33(36,37)38/h4,7-11,15,18-19,22,25-27,29,47H,2-3,5-6,12-14H2,1H3,(H,43,49)(H,44,48)/b20-8-/t18-,19+,22?,25?,26?,27-,29+/m0/s1. The molecule has 1 aromatic carbocycles. The molecule has 7 rings (SSSR count). The average Bonchev–Trinajstić information content (AvgIpc) is 3.34. The van der Waals surface area contributed by atoms with Crippen LogP contribution in [-0.4, -0.2) is 83.7 Å². The number of β-amino-alcohol motifs (C(OH)–C–C–N with tert-alkyl or cyclic N) is 1. The van der Waals surface area contributed by atoms with E-state index in [2.05, 4.69) is 26.8 Å². The summed E-state index contributed by atoms with van der Waals surface area (Å²) >= 11 is 0. The number of benzene rings is 1. The number of carbonyl (C=O) groups is 2. The summed E-state index contributed by atoms with van der Waals surface area (Å²) < 4.78 is 98.5. The van der Waals surface area contributed by atoms with Crippen molar-refractivity contribution in [3.8, 4) is 5.88 Å². The highest BCUT2D eigenvalue weighted by molar-refractivity contribution is 6.06. The second kappa shape index (κ2) is 13.1. The van der Waals surface area contributed by atoms with E-state index in [1.807, 2.05) is 0 Å². The number of hydrogen-bond donors (Lipinski definition) is 3. The Morgan fingerprint density at radius 1 is 1.08 bits per heavy atom. The number of aliphatic hydroxyl groups is 1. The molecule has 3 saturated carbocycles. The first-order valence-corrected chi connectivity index (χ1v) is 16.6. The van der Waals surface area contributed by atoms with Crippen LogP contribution in [0.3, 0.4) is 0 Å². The lowest BCUT2D eigenvalue weighted by atomic mass is 9.83. The summed E-state index contributed by atoms with van der Waals surface area (Å²) in [5.41, 5.74) is -0.00492. The van der Waals surface area contributed by atoms with Crippen LogP contribution < -0.4 is 15.4 Å². The number of rotatable bonds is 9. The fraction of sp³-hybridized carbons (Fsp3) is 0.529. The second-order valence-electron chi connectivity index (χ2n) is 13.8. The first-order chi connectivity index (χ1) is 24.1. The maximum absolute atomic E-state index is 14.0. The van der Waals surface area contributed by atoms with Crippen molar-refractivity contribution >= 4 is 23.2 Å². The largest absolute Gasteiger partial charge is 0.480 e. The summed E-state index contributed by atoms with van der Waals surface area (Å²) in [4.78, 5) is 39.0. The van der Waals surface area contributed by atoms with E-state index < -0.39 is 72.2 Å². The Morgan fingerprint density at radius 3 is 2.51 bits per heavy atom. The molecule has 2 amide bonds. The molecule has 1 aromatic heterocycles. The fourth-order valence-electron chi connectivity index (χ4n) is 7.93. The van der Waals surface area contributed by atoms with Crippen LogP contribution in [0.5, 0.6) is 5.88 Å². The summed E-state index contributed by atoms with van der Waals surface area (Å²) in [7, 11) is 1.31. The third-order valence-electron chi connectivity index (χ3n) is 10.5. The zero-order chi connectivity index (χ0) is 36.4. The van der Waals surface area contributed by atoms with E-state index in [9.17, 15) is 45.4 Å².